The van der Waals surface area contributed by atoms with E-state index in [-0.39, 0.29) is 0 Å². The summed E-state index contributed by atoms with van der Waals surface area (Å²) < 4.78 is 5.42. The van der Waals surface area contributed by atoms with Gasteiger partial charge in [-0.25, -0.2) is 4.98 Å². The molecule has 0 N–H and O–H groups in total. The van der Waals surface area contributed by atoms with Crippen LogP contribution in [0.25, 0.3) is 11.0 Å². The third-order valence-corrected chi connectivity index (χ3v) is 4.08. The molecule has 1 heterocycles. The van der Waals surface area contributed by atoms with Gasteiger partial charge in [0.15, 0.2) is 0 Å². The maximum atomic E-state index is 5.42. The molecule has 1 aromatic carbocycles. The van der Waals surface area contributed by atoms with Gasteiger partial charge in [0.25, 0.3) is 0 Å². The number of aryl methyl sites for hydroxylation is 1. The van der Waals surface area contributed by atoms with Gasteiger partial charge in [-0.15, -0.1) is 0 Å². The zero-order valence-electron chi connectivity index (χ0n) is 11.6. The molecule has 0 radical (unpaired) electrons. The minimum Gasteiger partial charge on any atom is -0.494 e. The van der Waals surface area contributed by atoms with E-state index in [0.717, 1.165) is 22.5 Å². The van der Waals surface area contributed by atoms with Gasteiger partial charge >= 0.3 is 0 Å². The molecule has 0 spiro atoms. The number of ether oxygens (including phenoxy) is 1. The SMILES string of the molecule is COc1ccc(C2CCCCC2)c2ncc(C)nc12. The largest absolute Gasteiger partial charge is 0.494 e. The van der Waals surface area contributed by atoms with Crippen molar-refractivity contribution in [2.45, 2.75) is 44.9 Å². The van der Waals surface area contributed by atoms with Gasteiger partial charge in [0.2, 0.25) is 0 Å². The maximum Gasteiger partial charge on any atom is 0.146 e. The highest BCUT2D eigenvalue weighted by molar-refractivity contribution is 5.84. The van der Waals surface area contributed by atoms with Crippen LogP contribution in [0.5, 0.6) is 5.75 Å². The second-order valence-corrected chi connectivity index (χ2v) is 5.40. The molecular weight excluding hydrogens is 236 g/mol. The normalized spacial score (nSPS) is 16.7. The van der Waals surface area contributed by atoms with Crippen LogP contribution >= 0.6 is 0 Å². The molecule has 1 saturated carbocycles. The fraction of sp³-hybridized carbons (Fsp3) is 0.500. The minimum absolute atomic E-state index is 0.638. The van der Waals surface area contributed by atoms with Gasteiger partial charge in [-0.05, 0) is 37.3 Å². The van der Waals surface area contributed by atoms with Crippen LogP contribution in [0, 0.1) is 6.92 Å². The van der Waals surface area contributed by atoms with E-state index in [0.29, 0.717) is 5.92 Å². The quantitative estimate of drug-likeness (QED) is 0.814. The van der Waals surface area contributed by atoms with E-state index < -0.39 is 0 Å². The molecular formula is C16H20N2O. The summed E-state index contributed by atoms with van der Waals surface area (Å²) in [5.74, 6) is 1.46. The van der Waals surface area contributed by atoms with Crippen LogP contribution < -0.4 is 4.74 Å². The van der Waals surface area contributed by atoms with E-state index in [1.807, 2.05) is 19.2 Å². The predicted octanol–water partition coefficient (Wildman–Crippen LogP) is 3.99. The van der Waals surface area contributed by atoms with Crippen molar-refractivity contribution in [3.8, 4) is 5.75 Å². The molecule has 2 aromatic rings. The summed E-state index contributed by atoms with van der Waals surface area (Å²) in [6.45, 7) is 1.97. The Morgan fingerprint density at radius 3 is 2.63 bits per heavy atom. The summed E-state index contributed by atoms with van der Waals surface area (Å²) in [6.07, 6.45) is 8.44. The molecule has 0 amide bonds. The number of methoxy groups -OCH3 is 1. The highest BCUT2D eigenvalue weighted by atomic mass is 16.5. The van der Waals surface area contributed by atoms with Crippen LogP contribution in [-0.2, 0) is 0 Å². The lowest BCUT2D eigenvalue weighted by Crippen LogP contribution is -2.06. The van der Waals surface area contributed by atoms with Crippen LogP contribution in [0.3, 0.4) is 0 Å². The lowest BCUT2D eigenvalue weighted by molar-refractivity contribution is 0.417. The fourth-order valence-electron chi connectivity index (χ4n) is 3.09. The molecule has 1 aliphatic carbocycles. The molecule has 0 atom stereocenters. The summed E-state index contributed by atoms with van der Waals surface area (Å²) in [5.41, 5.74) is 4.22. The van der Waals surface area contributed by atoms with Gasteiger partial charge in [-0.3, -0.25) is 4.98 Å². The van der Waals surface area contributed by atoms with Gasteiger partial charge in [0, 0.05) is 6.20 Å². The molecule has 1 aromatic heterocycles. The summed E-state index contributed by atoms with van der Waals surface area (Å²) in [4.78, 5) is 9.24. The number of aromatic nitrogens is 2. The van der Waals surface area contributed by atoms with Crippen molar-refractivity contribution in [1.29, 1.82) is 0 Å². The highest BCUT2D eigenvalue weighted by Crippen LogP contribution is 2.37. The summed E-state index contributed by atoms with van der Waals surface area (Å²) in [7, 11) is 1.69. The Kier molecular flexibility index (Phi) is 3.36. The first kappa shape index (κ1) is 12.4. The number of hydrogen-bond donors (Lipinski definition) is 0. The summed E-state index contributed by atoms with van der Waals surface area (Å²) in [5, 5.41) is 0. The van der Waals surface area contributed by atoms with Gasteiger partial charge in [0.1, 0.15) is 11.3 Å². The zero-order valence-corrected chi connectivity index (χ0v) is 11.6. The van der Waals surface area contributed by atoms with Crippen molar-refractivity contribution < 1.29 is 4.74 Å². The standard InChI is InChI=1S/C16H20N2O/c1-11-10-17-15-13(12-6-4-3-5-7-12)8-9-14(19-2)16(15)18-11/h8-10,12H,3-7H2,1-2H3. The molecule has 0 aliphatic heterocycles. The number of rotatable bonds is 2. The van der Waals surface area contributed by atoms with E-state index >= 15 is 0 Å². The van der Waals surface area contributed by atoms with Crippen LogP contribution in [0.1, 0.15) is 49.3 Å². The first-order valence-corrected chi connectivity index (χ1v) is 7.10. The molecule has 0 unspecified atom stereocenters. The Bertz CT molecular complexity index is 589. The van der Waals surface area contributed by atoms with E-state index in [4.69, 9.17) is 4.74 Å². The third kappa shape index (κ3) is 2.29. The Morgan fingerprint density at radius 1 is 1.11 bits per heavy atom. The fourth-order valence-corrected chi connectivity index (χ4v) is 3.09. The van der Waals surface area contributed by atoms with Crippen molar-refractivity contribution in [3.05, 3.63) is 29.6 Å². The number of benzene rings is 1. The molecule has 0 saturated heterocycles. The van der Waals surface area contributed by atoms with Crippen molar-refractivity contribution >= 4 is 11.0 Å². The molecule has 3 rings (SSSR count). The van der Waals surface area contributed by atoms with Crippen LogP contribution in [0.2, 0.25) is 0 Å². The van der Waals surface area contributed by atoms with Gasteiger partial charge in [-0.1, -0.05) is 25.3 Å². The van der Waals surface area contributed by atoms with Crippen LogP contribution in [0.4, 0.5) is 0 Å². The van der Waals surface area contributed by atoms with Gasteiger partial charge < -0.3 is 4.74 Å². The average Bonchev–Trinajstić information content (AvgIpc) is 2.47. The first-order chi connectivity index (χ1) is 9.29. The van der Waals surface area contributed by atoms with E-state index in [1.54, 1.807) is 7.11 Å². The topological polar surface area (TPSA) is 35.0 Å². The molecule has 100 valence electrons. The summed E-state index contributed by atoms with van der Waals surface area (Å²) >= 11 is 0. The molecule has 3 heteroatoms. The second kappa shape index (κ2) is 5.16. The Labute approximate surface area is 114 Å². The van der Waals surface area contributed by atoms with Crippen molar-refractivity contribution in [2.75, 3.05) is 7.11 Å². The third-order valence-electron chi connectivity index (χ3n) is 4.08. The lowest BCUT2D eigenvalue weighted by Gasteiger charge is -2.23. The maximum absolute atomic E-state index is 5.42. The zero-order chi connectivity index (χ0) is 13.2. The van der Waals surface area contributed by atoms with Crippen molar-refractivity contribution in [2.24, 2.45) is 0 Å². The molecule has 1 fully saturated rings. The predicted molar refractivity (Wildman–Crippen MR) is 76.7 cm³/mol. The van der Waals surface area contributed by atoms with Gasteiger partial charge in [-0.2, -0.15) is 0 Å². The number of hydrogen-bond acceptors (Lipinski definition) is 3. The Hall–Kier alpha value is -1.64. The Balaban J connectivity index is 2.14. The van der Waals surface area contributed by atoms with Gasteiger partial charge in [0.05, 0.1) is 18.3 Å². The lowest BCUT2D eigenvalue weighted by atomic mass is 9.83. The number of fused-ring (bicyclic) bond motifs is 1. The second-order valence-electron chi connectivity index (χ2n) is 5.40. The minimum atomic E-state index is 0.638. The smallest absolute Gasteiger partial charge is 0.146 e. The average molecular weight is 256 g/mol. The van der Waals surface area contributed by atoms with Crippen molar-refractivity contribution in [1.82, 2.24) is 9.97 Å². The molecule has 19 heavy (non-hydrogen) atoms. The van der Waals surface area contributed by atoms with Crippen molar-refractivity contribution in [3.63, 3.8) is 0 Å². The molecule has 1 aliphatic rings. The van der Waals surface area contributed by atoms with Crippen LogP contribution in [-0.4, -0.2) is 17.1 Å². The molecule has 3 nitrogen and oxygen atoms in total. The first-order valence-electron chi connectivity index (χ1n) is 7.10. The van der Waals surface area contributed by atoms with E-state index in [2.05, 4.69) is 16.0 Å². The van der Waals surface area contributed by atoms with Crippen LogP contribution in [0.15, 0.2) is 18.3 Å². The number of nitrogens with zero attached hydrogens (tertiary/aromatic N) is 2. The monoisotopic (exact) mass is 256 g/mol. The Morgan fingerprint density at radius 2 is 1.89 bits per heavy atom. The summed E-state index contributed by atoms with van der Waals surface area (Å²) in [6, 6.07) is 4.22. The molecule has 0 bridgehead atoms. The highest BCUT2D eigenvalue weighted by Gasteiger charge is 2.20. The van der Waals surface area contributed by atoms with E-state index in [1.165, 1.54) is 37.7 Å². The van der Waals surface area contributed by atoms with E-state index in [9.17, 15) is 0 Å².